The zero-order valence-electron chi connectivity index (χ0n) is 9.85. The lowest BCUT2D eigenvalue weighted by Gasteiger charge is -2.21. The number of β-amino-alcohol motifs (C(OH)–C–C–N with tert-alkyl or cyclic N) is 1. The van der Waals surface area contributed by atoms with Gasteiger partial charge in [0.15, 0.2) is 11.5 Å². The Morgan fingerprint density at radius 3 is 2.58 bits per heavy atom. The van der Waals surface area contributed by atoms with Crippen molar-refractivity contribution in [3.63, 3.8) is 0 Å². The van der Waals surface area contributed by atoms with Gasteiger partial charge in [0.25, 0.3) is 5.91 Å². The highest BCUT2D eigenvalue weighted by Crippen LogP contribution is 2.31. The molecule has 0 aliphatic carbocycles. The molecule has 1 heterocycles. The number of likely N-dealkylation sites (tertiary alicyclic amines) is 1. The molecule has 0 bridgehead atoms. The fraction of sp³-hybridized carbons (Fsp3) is 0.333. The van der Waals surface area contributed by atoms with Gasteiger partial charge in [-0.2, -0.15) is 0 Å². The summed E-state index contributed by atoms with van der Waals surface area (Å²) in [5.74, 6) is -3.02. The van der Waals surface area contributed by atoms with E-state index in [9.17, 15) is 24.9 Å². The lowest BCUT2D eigenvalue weighted by molar-refractivity contribution is -0.141. The van der Waals surface area contributed by atoms with Crippen LogP contribution in [0.3, 0.4) is 0 Å². The molecule has 1 aromatic carbocycles. The number of benzene rings is 1. The van der Waals surface area contributed by atoms with E-state index in [-0.39, 0.29) is 18.5 Å². The fourth-order valence-corrected chi connectivity index (χ4v) is 2.13. The molecular weight excluding hydrogens is 254 g/mol. The molecule has 102 valence electrons. The van der Waals surface area contributed by atoms with Crippen LogP contribution in [0.1, 0.15) is 16.8 Å². The molecule has 1 aromatic rings. The predicted octanol–water partition coefficient (Wildman–Crippen LogP) is -0.242. The highest BCUT2D eigenvalue weighted by atomic mass is 16.4. The zero-order chi connectivity index (χ0) is 14.2. The Labute approximate surface area is 108 Å². The Hall–Kier alpha value is -2.28. The van der Waals surface area contributed by atoms with E-state index in [1.165, 1.54) is 18.2 Å². The summed E-state index contributed by atoms with van der Waals surface area (Å²) in [4.78, 5) is 24.2. The second-order valence-corrected chi connectivity index (χ2v) is 4.37. The number of hydrogen-bond donors (Lipinski definition) is 4. The molecule has 7 heteroatoms. The molecule has 1 aliphatic rings. The maximum absolute atomic E-state index is 12.2. The molecule has 1 unspecified atom stereocenters. The number of phenolic OH excluding ortho intramolecular Hbond substituents is 2. The maximum atomic E-state index is 12.2. The monoisotopic (exact) mass is 267 g/mol. The van der Waals surface area contributed by atoms with Crippen molar-refractivity contribution < 1.29 is 30.0 Å². The van der Waals surface area contributed by atoms with E-state index in [0.717, 1.165) is 4.90 Å². The summed E-state index contributed by atoms with van der Waals surface area (Å²) in [6.45, 7) is -0.120. The molecule has 0 spiro atoms. The molecule has 0 aromatic heterocycles. The average Bonchev–Trinajstić information content (AvgIpc) is 2.74. The van der Waals surface area contributed by atoms with Gasteiger partial charge in [-0.1, -0.05) is 6.07 Å². The van der Waals surface area contributed by atoms with Gasteiger partial charge in [0, 0.05) is 13.0 Å². The number of aliphatic hydroxyl groups is 1. The number of carboxylic acid groups (broad SMARTS) is 1. The van der Waals surface area contributed by atoms with Crippen LogP contribution in [-0.4, -0.2) is 55.9 Å². The van der Waals surface area contributed by atoms with Crippen molar-refractivity contribution in [2.75, 3.05) is 6.54 Å². The summed E-state index contributed by atoms with van der Waals surface area (Å²) in [6, 6.07) is 2.72. The van der Waals surface area contributed by atoms with Crippen LogP contribution in [0.15, 0.2) is 18.2 Å². The van der Waals surface area contributed by atoms with Gasteiger partial charge in [0.1, 0.15) is 6.04 Å². The molecule has 0 saturated carbocycles. The van der Waals surface area contributed by atoms with Crippen LogP contribution >= 0.6 is 0 Å². The number of aliphatic hydroxyl groups excluding tert-OH is 1. The van der Waals surface area contributed by atoms with Crippen molar-refractivity contribution in [2.24, 2.45) is 0 Å². The molecule has 2 rings (SSSR count). The highest BCUT2D eigenvalue weighted by Gasteiger charge is 2.40. The Morgan fingerprint density at radius 2 is 1.95 bits per heavy atom. The SMILES string of the molecule is O=C(O)[C@@H]1CC(O)CN1C(=O)c1cccc(O)c1O. The number of carboxylic acids is 1. The maximum Gasteiger partial charge on any atom is 0.326 e. The number of aliphatic carboxylic acids is 1. The normalized spacial score (nSPS) is 22.5. The van der Waals surface area contributed by atoms with Gasteiger partial charge in [-0.15, -0.1) is 0 Å². The molecule has 4 N–H and O–H groups in total. The molecule has 1 amide bonds. The van der Waals surface area contributed by atoms with E-state index in [1.54, 1.807) is 0 Å². The minimum atomic E-state index is -1.22. The molecule has 1 saturated heterocycles. The van der Waals surface area contributed by atoms with Crippen molar-refractivity contribution >= 4 is 11.9 Å². The highest BCUT2D eigenvalue weighted by molar-refractivity contribution is 5.99. The van der Waals surface area contributed by atoms with Gasteiger partial charge >= 0.3 is 5.97 Å². The lowest BCUT2D eigenvalue weighted by Crippen LogP contribution is -2.40. The van der Waals surface area contributed by atoms with E-state index in [2.05, 4.69) is 0 Å². The fourth-order valence-electron chi connectivity index (χ4n) is 2.13. The number of para-hydroxylation sites is 1. The lowest BCUT2D eigenvalue weighted by atomic mass is 10.1. The Bertz CT molecular complexity index is 529. The summed E-state index contributed by atoms with van der Waals surface area (Å²) < 4.78 is 0. The number of nitrogens with zero attached hydrogens (tertiary/aromatic N) is 1. The molecule has 1 aliphatic heterocycles. The van der Waals surface area contributed by atoms with Crippen LogP contribution in [0.5, 0.6) is 11.5 Å². The Morgan fingerprint density at radius 1 is 1.26 bits per heavy atom. The summed E-state index contributed by atoms with van der Waals surface area (Å²) in [6.07, 6.45) is -0.967. The van der Waals surface area contributed by atoms with Crippen molar-refractivity contribution in [1.82, 2.24) is 4.90 Å². The quantitative estimate of drug-likeness (QED) is 0.549. The smallest absolute Gasteiger partial charge is 0.326 e. The Balaban J connectivity index is 2.33. The van der Waals surface area contributed by atoms with Crippen LogP contribution in [0.2, 0.25) is 0 Å². The van der Waals surface area contributed by atoms with Crippen LogP contribution in [0.4, 0.5) is 0 Å². The topological polar surface area (TPSA) is 118 Å². The van der Waals surface area contributed by atoms with Gasteiger partial charge in [0.05, 0.1) is 11.7 Å². The van der Waals surface area contributed by atoms with Gasteiger partial charge < -0.3 is 25.3 Å². The minimum Gasteiger partial charge on any atom is -0.504 e. The number of amides is 1. The standard InChI is InChI=1S/C12H13NO6/c14-6-4-8(12(18)19)13(5-6)11(17)7-2-1-3-9(15)10(7)16/h1-3,6,8,14-16H,4-5H2,(H,18,19)/t6?,8-/m0/s1. The largest absolute Gasteiger partial charge is 0.504 e. The molecular formula is C12H13NO6. The molecule has 2 atom stereocenters. The number of aromatic hydroxyl groups is 2. The zero-order valence-corrected chi connectivity index (χ0v) is 9.85. The average molecular weight is 267 g/mol. The van der Waals surface area contributed by atoms with Gasteiger partial charge in [-0.25, -0.2) is 4.79 Å². The van der Waals surface area contributed by atoms with Crippen molar-refractivity contribution in [1.29, 1.82) is 0 Å². The number of hydrogen-bond acceptors (Lipinski definition) is 5. The van der Waals surface area contributed by atoms with Gasteiger partial charge in [-0.3, -0.25) is 4.79 Å². The van der Waals surface area contributed by atoms with E-state index in [1.807, 2.05) is 0 Å². The van der Waals surface area contributed by atoms with E-state index in [0.29, 0.717) is 0 Å². The first-order chi connectivity index (χ1) is 8.91. The van der Waals surface area contributed by atoms with Crippen LogP contribution in [-0.2, 0) is 4.79 Å². The first kappa shape index (κ1) is 13.2. The third kappa shape index (κ3) is 2.32. The van der Waals surface area contributed by atoms with Crippen LogP contribution < -0.4 is 0 Å². The van der Waals surface area contributed by atoms with E-state index < -0.39 is 35.5 Å². The summed E-state index contributed by atoms with van der Waals surface area (Å²) >= 11 is 0. The third-order valence-corrected chi connectivity index (χ3v) is 3.07. The van der Waals surface area contributed by atoms with Crippen LogP contribution in [0, 0.1) is 0 Å². The van der Waals surface area contributed by atoms with E-state index in [4.69, 9.17) is 5.11 Å². The number of carbonyl (C=O) groups excluding carboxylic acids is 1. The molecule has 1 fully saturated rings. The third-order valence-electron chi connectivity index (χ3n) is 3.07. The van der Waals surface area contributed by atoms with Crippen LogP contribution in [0.25, 0.3) is 0 Å². The Kier molecular flexibility index (Phi) is 3.30. The first-order valence-electron chi connectivity index (χ1n) is 5.64. The number of phenols is 2. The van der Waals surface area contributed by atoms with Crippen molar-refractivity contribution in [2.45, 2.75) is 18.6 Å². The number of rotatable bonds is 2. The van der Waals surface area contributed by atoms with E-state index >= 15 is 0 Å². The minimum absolute atomic E-state index is 0.0549. The van der Waals surface area contributed by atoms with Gasteiger partial charge in [-0.05, 0) is 12.1 Å². The number of carbonyl (C=O) groups is 2. The van der Waals surface area contributed by atoms with Gasteiger partial charge in [0.2, 0.25) is 0 Å². The summed E-state index contributed by atoms with van der Waals surface area (Å²) in [5, 5.41) is 37.4. The summed E-state index contributed by atoms with van der Waals surface area (Å²) in [7, 11) is 0. The molecule has 7 nitrogen and oxygen atoms in total. The van der Waals surface area contributed by atoms with Crippen molar-refractivity contribution in [3.8, 4) is 11.5 Å². The summed E-state index contributed by atoms with van der Waals surface area (Å²) in [5.41, 5.74) is -0.194. The molecule has 0 radical (unpaired) electrons. The second kappa shape index (κ2) is 4.77. The molecule has 19 heavy (non-hydrogen) atoms. The predicted molar refractivity (Wildman–Crippen MR) is 62.9 cm³/mol. The first-order valence-corrected chi connectivity index (χ1v) is 5.64. The van der Waals surface area contributed by atoms with Crippen molar-refractivity contribution in [3.05, 3.63) is 23.8 Å². The second-order valence-electron chi connectivity index (χ2n) is 4.37.